The molecular weight excluding hydrogens is 232 g/mol. The lowest BCUT2D eigenvalue weighted by Crippen LogP contribution is -2.23. The first kappa shape index (κ1) is 13.5. The minimum Gasteiger partial charge on any atom is -0.371 e. The smallest absolute Gasteiger partial charge is 0.289 e. The number of nitrogens with zero attached hydrogens (tertiary/aromatic N) is 4. The molecule has 0 radical (unpaired) electrons. The van der Waals surface area contributed by atoms with Crippen molar-refractivity contribution in [2.45, 2.75) is 13.3 Å². The molecule has 0 aromatic heterocycles. The van der Waals surface area contributed by atoms with Gasteiger partial charge in [-0.05, 0) is 19.1 Å². The van der Waals surface area contributed by atoms with Crippen LogP contribution in [0, 0.1) is 32.8 Å². The average molecular weight is 244 g/mol. The predicted molar refractivity (Wildman–Crippen MR) is 65.9 cm³/mol. The van der Waals surface area contributed by atoms with Crippen LogP contribution in [0.3, 0.4) is 0 Å². The minimum atomic E-state index is -0.569. The lowest BCUT2D eigenvalue weighted by atomic mass is 10.1. The van der Waals surface area contributed by atoms with E-state index in [-0.39, 0.29) is 11.3 Å². The van der Waals surface area contributed by atoms with E-state index in [1.54, 1.807) is 12.1 Å². The van der Waals surface area contributed by atoms with Crippen LogP contribution in [-0.2, 0) is 0 Å². The molecule has 0 spiro atoms. The monoisotopic (exact) mass is 244 g/mol. The van der Waals surface area contributed by atoms with Gasteiger partial charge in [0.05, 0.1) is 17.4 Å². The predicted octanol–water partition coefficient (Wildman–Crippen LogP) is 2.21. The van der Waals surface area contributed by atoms with Crippen molar-refractivity contribution in [1.29, 1.82) is 10.5 Å². The summed E-state index contributed by atoms with van der Waals surface area (Å²) in [6.45, 7) is 3.06. The van der Waals surface area contributed by atoms with E-state index < -0.39 is 4.92 Å². The molecule has 0 saturated heterocycles. The second kappa shape index (κ2) is 6.21. The molecule has 0 fully saturated rings. The second-order valence-corrected chi connectivity index (χ2v) is 3.56. The van der Waals surface area contributed by atoms with Gasteiger partial charge in [-0.15, -0.1) is 0 Å². The first-order valence-electron chi connectivity index (χ1n) is 5.44. The van der Waals surface area contributed by atoms with Gasteiger partial charge in [-0.3, -0.25) is 10.1 Å². The number of nitro benzene ring substituents is 1. The Morgan fingerprint density at radius 2 is 2.17 bits per heavy atom. The maximum Gasteiger partial charge on any atom is 0.289 e. The Hall–Kier alpha value is -2.60. The fraction of sp³-hybridized carbons (Fsp3) is 0.333. The van der Waals surface area contributed by atoms with E-state index in [9.17, 15) is 10.1 Å². The fourth-order valence-electron chi connectivity index (χ4n) is 1.62. The first-order chi connectivity index (χ1) is 8.63. The van der Waals surface area contributed by atoms with Gasteiger partial charge in [0.1, 0.15) is 11.6 Å². The molecule has 0 unspecified atom stereocenters. The van der Waals surface area contributed by atoms with E-state index in [2.05, 4.69) is 0 Å². The van der Waals surface area contributed by atoms with Crippen LogP contribution in [0.2, 0.25) is 0 Å². The van der Waals surface area contributed by atoms with Crippen LogP contribution in [0.15, 0.2) is 18.2 Å². The third-order valence-electron chi connectivity index (χ3n) is 2.54. The zero-order valence-corrected chi connectivity index (χ0v) is 9.96. The quantitative estimate of drug-likeness (QED) is 0.584. The molecular formula is C12H12N4O2. The highest BCUT2D eigenvalue weighted by atomic mass is 16.6. The van der Waals surface area contributed by atoms with Gasteiger partial charge in [0, 0.05) is 24.8 Å². The molecule has 0 atom stereocenters. The van der Waals surface area contributed by atoms with Crippen LogP contribution in [0.1, 0.15) is 18.9 Å². The molecule has 0 aliphatic carbocycles. The third kappa shape index (κ3) is 2.96. The van der Waals surface area contributed by atoms with Crippen LogP contribution in [0.5, 0.6) is 0 Å². The van der Waals surface area contributed by atoms with Crippen molar-refractivity contribution in [3.63, 3.8) is 0 Å². The number of nitro groups is 1. The molecule has 0 aliphatic rings. The summed E-state index contributed by atoms with van der Waals surface area (Å²) < 4.78 is 0. The Morgan fingerprint density at radius 1 is 1.44 bits per heavy atom. The zero-order valence-electron chi connectivity index (χ0n) is 9.96. The van der Waals surface area contributed by atoms with E-state index in [1.165, 1.54) is 12.1 Å². The van der Waals surface area contributed by atoms with Crippen molar-refractivity contribution in [3.05, 3.63) is 33.9 Å². The molecule has 0 bridgehead atoms. The second-order valence-electron chi connectivity index (χ2n) is 3.56. The molecule has 0 saturated carbocycles. The van der Waals surface area contributed by atoms with Crippen LogP contribution in [-0.4, -0.2) is 18.0 Å². The third-order valence-corrected chi connectivity index (χ3v) is 2.54. The van der Waals surface area contributed by atoms with E-state index in [1.807, 2.05) is 17.9 Å². The van der Waals surface area contributed by atoms with Gasteiger partial charge in [-0.1, -0.05) is 0 Å². The molecule has 0 heterocycles. The van der Waals surface area contributed by atoms with E-state index in [0.717, 1.165) is 0 Å². The SMILES string of the molecule is CCN(CCC#N)c1ccc(C#N)c([N+](=O)[O-])c1. The van der Waals surface area contributed by atoms with Gasteiger partial charge in [0.15, 0.2) is 0 Å². The highest BCUT2D eigenvalue weighted by Gasteiger charge is 2.16. The van der Waals surface area contributed by atoms with Crippen LogP contribution in [0.25, 0.3) is 0 Å². The standard InChI is InChI=1S/C12H12N4O2/c1-2-15(7-3-6-13)11-5-4-10(9-14)12(8-11)16(17)18/h4-5,8H,2-3,7H2,1H3. The first-order valence-corrected chi connectivity index (χ1v) is 5.44. The topological polar surface area (TPSA) is 94.0 Å². The van der Waals surface area contributed by atoms with Crippen LogP contribution < -0.4 is 4.90 Å². The van der Waals surface area contributed by atoms with E-state index in [0.29, 0.717) is 25.2 Å². The summed E-state index contributed by atoms with van der Waals surface area (Å²) in [7, 11) is 0. The lowest BCUT2D eigenvalue weighted by molar-refractivity contribution is -0.385. The van der Waals surface area contributed by atoms with Crippen molar-refractivity contribution in [2.75, 3.05) is 18.0 Å². The van der Waals surface area contributed by atoms with Crippen molar-refractivity contribution in [2.24, 2.45) is 0 Å². The van der Waals surface area contributed by atoms with Crippen molar-refractivity contribution < 1.29 is 4.92 Å². The highest BCUT2D eigenvalue weighted by Crippen LogP contribution is 2.25. The van der Waals surface area contributed by atoms with Gasteiger partial charge in [-0.25, -0.2) is 0 Å². The lowest BCUT2D eigenvalue weighted by Gasteiger charge is -2.21. The van der Waals surface area contributed by atoms with E-state index >= 15 is 0 Å². The Bertz CT molecular complexity index is 528. The molecule has 0 aliphatic heterocycles. The number of rotatable bonds is 5. The summed E-state index contributed by atoms with van der Waals surface area (Å²) in [4.78, 5) is 12.1. The normalized spacial score (nSPS) is 9.28. The molecule has 6 nitrogen and oxygen atoms in total. The molecule has 0 amide bonds. The van der Waals surface area contributed by atoms with Gasteiger partial charge >= 0.3 is 0 Å². The summed E-state index contributed by atoms with van der Waals surface area (Å²) in [6.07, 6.45) is 0.349. The summed E-state index contributed by atoms with van der Waals surface area (Å²) in [5.74, 6) is 0. The molecule has 1 aromatic carbocycles. The van der Waals surface area contributed by atoms with Crippen molar-refractivity contribution in [3.8, 4) is 12.1 Å². The summed E-state index contributed by atoms with van der Waals surface area (Å²) in [6, 6.07) is 8.29. The van der Waals surface area contributed by atoms with E-state index in [4.69, 9.17) is 10.5 Å². The Kier molecular flexibility index (Phi) is 4.65. The molecule has 92 valence electrons. The van der Waals surface area contributed by atoms with Crippen molar-refractivity contribution >= 4 is 11.4 Å². The average Bonchev–Trinajstić information content (AvgIpc) is 2.39. The van der Waals surface area contributed by atoms with Gasteiger partial charge in [-0.2, -0.15) is 10.5 Å². The Labute approximate surface area is 105 Å². The Balaban J connectivity index is 3.11. The zero-order chi connectivity index (χ0) is 13.5. The summed E-state index contributed by atoms with van der Waals surface area (Å²) in [5.41, 5.74) is 0.490. The molecule has 6 heteroatoms. The van der Waals surface area contributed by atoms with Gasteiger partial charge < -0.3 is 4.90 Å². The number of benzene rings is 1. The summed E-state index contributed by atoms with van der Waals surface area (Å²) in [5, 5.41) is 28.2. The van der Waals surface area contributed by atoms with Crippen LogP contribution in [0.4, 0.5) is 11.4 Å². The minimum absolute atomic E-state index is 0.0417. The maximum absolute atomic E-state index is 10.8. The highest BCUT2D eigenvalue weighted by molar-refractivity contribution is 5.60. The fourth-order valence-corrected chi connectivity index (χ4v) is 1.62. The van der Waals surface area contributed by atoms with Crippen molar-refractivity contribution in [1.82, 2.24) is 0 Å². The maximum atomic E-state index is 10.8. The number of anilines is 1. The molecule has 1 aromatic rings. The molecule has 18 heavy (non-hydrogen) atoms. The summed E-state index contributed by atoms with van der Waals surface area (Å²) >= 11 is 0. The molecule has 0 N–H and O–H groups in total. The molecule has 1 rings (SSSR count). The Morgan fingerprint density at radius 3 is 2.67 bits per heavy atom. The number of hydrogen-bond donors (Lipinski definition) is 0. The number of hydrogen-bond acceptors (Lipinski definition) is 5. The van der Waals surface area contributed by atoms with Gasteiger partial charge in [0.25, 0.3) is 5.69 Å². The largest absolute Gasteiger partial charge is 0.371 e. The van der Waals surface area contributed by atoms with Gasteiger partial charge in [0.2, 0.25) is 0 Å². The number of nitriles is 2. The van der Waals surface area contributed by atoms with Crippen LogP contribution >= 0.6 is 0 Å².